The molecule has 1 aliphatic heterocycles. The molecular weight excluding hydrogens is 390 g/mol. The number of Topliss-reactive ketones (excluding diaryl/α,β-unsaturated/α-hetero) is 1. The first-order valence-corrected chi connectivity index (χ1v) is 10.9. The Morgan fingerprint density at radius 1 is 0.903 bits per heavy atom. The first-order chi connectivity index (χ1) is 14.9. The van der Waals surface area contributed by atoms with Gasteiger partial charge in [0.15, 0.2) is 5.78 Å². The van der Waals surface area contributed by atoms with Crippen molar-refractivity contribution in [3.05, 3.63) is 70.9 Å². The molecule has 4 rings (SSSR count). The molecule has 0 bridgehead atoms. The van der Waals surface area contributed by atoms with E-state index in [1.165, 1.54) is 0 Å². The van der Waals surface area contributed by atoms with Crippen LogP contribution in [-0.2, 0) is 9.59 Å². The number of benzene rings is 2. The number of amides is 1. The van der Waals surface area contributed by atoms with Crippen molar-refractivity contribution in [1.29, 1.82) is 0 Å². The predicted octanol–water partition coefficient (Wildman–Crippen LogP) is 4.73. The van der Waals surface area contributed by atoms with Gasteiger partial charge in [-0.15, -0.1) is 0 Å². The summed E-state index contributed by atoms with van der Waals surface area (Å²) in [6, 6.07) is 15.6. The summed E-state index contributed by atoms with van der Waals surface area (Å²) in [5.41, 5.74) is 3.61. The number of hydrogen-bond acceptors (Lipinski definition) is 4. The van der Waals surface area contributed by atoms with E-state index in [-0.39, 0.29) is 23.5 Å². The fourth-order valence-electron chi connectivity index (χ4n) is 4.42. The van der Waals surface area contributed by atoms with Crippen molar-refractivity contribution in [1.82, 2.24) is 5.32 Å². The lowest BCUT2D eigenvalue weighted by molar-refractivity contribution is -0.122. The number of carbonyl (C=O) groups excluding carboxylic acids is 2. The van der Waals surface area contributed by atoms with Crippen molar-refractivity contribution in [3.63, 3.8) is 0 Å². The Balaban J connectivity index is 1.56. The Kier molecular flexibility index (Phi) is 6.12. The maximum absolute atomic E-state index is 13.2. The molecule has 2 unspecified atom stereocenters. The smallest absolute Gasteiger partial charge is 0.225 e. The van der Waals surface area contributed by atoms with E-state index in [0.717, 1.165) is 33.9 Å². The molecule has 2 atom stereocenters. The van der Waals surface area contributed by atoms with Crippen molar-refractivity contribution in [2.24, 2.45) is 5.92 Å². The van der Waals surface area contributed by atoms with Crippen molar-refractivity contribution in [3.8, 4) is 11.5 Å². The third-order valence-electron chi connectivity index (χ3n) is 5.99. The standard InChI is InChI=1S/C26H29NO4/c1-16(2)15-31-21-10-4-17(5-11-21)19-12-23-26(24(28)13-19)22(14-25(29)27-23)18-6-8-20(30-3)9-7-18/h4-11,16,19,22H,12-15H2,1-3H3,(H,27,29). The number of rotatable bonds is 6. The lowest BCUT2D eigenvalue weighted by atomic mass is 9.73. The number of ether oxygens (including phenoxy) is 2. The maximum Gasteiger partial charge on any atom is 0.225 e. The summed E-state index contributed by atoms with van der Waals surface area (Å²) in [6.45, 7) is 4.91. The first-order valence-electron chi connectivity index (χ1n) is 10.9. The number of allylic oxidation sites excluding steroid dienone is 2. The highest BCUT2D eigenvalue weighted by Crippen LogP contribution is 2.42. The molecule has 1 N–H and O–H groups in total. The van der Waals surface area contributed by atoms with Crippen LogP contribution in [0.5, 0.6) is 11.5 Å². The number of hydrogen-bond donors (Lipinski definition) is 1. The van der Waals surface area contributed by atoms with Gasteiger partial charge in [-0.3, -0.25) is 9.59 Å². The van der Waals surface area contributed by atoms with Gasteiger partial charge in [-0.05, 0) is 53.6 Å². The van der Waals surface area contributed by atoms with Gasteiger partial charge in [-0.1, -0.05) is 38.1 Å². The number of methoxy groups -OCH3 is 1. The molecular formula is C26H29NO4. The van der Waals surface area contributed by atoms with Crippen molar-refractivity contribution < 1.29 is 19.1 Å². The minimum Gasteiger partial charge on any atom is -0.497 e. The van der Waals surface area contributed by atoms with Gasteiger partial charge in [-0.25, -0.2) is 0 Å². The highest BCUT2D eigenvalue weighted by atomic mass is 16.5. The van der Waals surface area contributed by atoms with Gasteiger partial charge in [-0.2, -0.15) is 0 Å². The molecule has 0 radical (unpaired) electrons. The van der Waals surface area contributed by atoms with Crippen molar-refractivity contribution in [2.75, 3.05) is 13.7 Å². The monoisotopic (exact) mass is 419 g/mol. The van der Waals surface area contributed by atoms with Crippen LogP contribution in [0.25, 0.3) is 0 Å². The number of ketones is 1. The van der Waals surface area contributed by atoms with E-state index in [9.17, 15) is 9.59 Å². The largest absolute Gasteiger partial charge is 0.497 e. The Morgan fingerprint density at radius 2 is 1.55 bits per heavy atom. The van der Waals surface area contributed by atoms with E-state index >= 15 is 0 Å². The maximum atomic E-state index is 13.2. The lowest BCUT2D eigenvalue weighted by Gasteiger charge is -2.34. The third-order valence-corrected chi connectivity index (χ3v) is 5.99. The summed E-state index contributed by atoms with van der Waals surface area (Å²) in [6.07, 6.45) is 1.41. The van der Waals surface area contributed by atoms with Gasteiger partial charge in [0.1, 0.15) is 11.5 Å². The minimum atomic E-state index is -0.199. The second-order valence-corrected chi connectivity index (χ2v) is 8.77. The minimum absolute atomic E-state index is 0.0366. The fourth-order valence-corrected chi connectivity index (χ4v) is 4.42. The Morgan fingerprint density at radius 3 is 2.19 bits per heavy atom. The Labute approximate surface area is 183 Å². The van der Waals surface area contributed by atoms with E-state index in [0.29, 0.717) is 31.8 Å². The first kappa shape index (κ1) is 21.2. The van der Waals surface area contributed by atoms with Crippen LogP contribution in [-0.4, -0.2) is 25.4 Å². The van der Waals surface area contributed by atoms with Crippen LogP contribution in [0.1, 0.15) is 56.1 Å². The normalized spacial score (nSPS) is 21.0. The highest BCUT2D eigenvalue weighted by molar-refractivity contribution is 6.02. The molecule has 0 saturated carbocycles. The molecule has 0 fully saturated rings. The Bertz CT molecular complexity index is 989. The molecule has 2 aromatic rings. The van der Waals surface area contributed by atoms with Gasteiger partial charge in [0.25, 0.3) is 0 Å². The van der Waals surface area contributed by atoms with Crippen molar-refractivity contribution in [2.45, 2.75) is 44.9 Å². The Hall–Kier alpha value is -3.08. The summed E-state index contributed by atoms with van der Waals surface area (Å²) >= 11 is 0. The molecule has 162 valence electrons. The molecule has 2 aromatic carbocycles. The van der Waals surface area contributed by atoms with Crippen LogP contribution in [0.15, 0.2) is 59.8 Å². The van der Waals surface area contributed by atoms with E-state index in [4.69, 9.17) is 9.47 Å². The molecule has 0 spiro atoms. The molecule has 1 heterocycles. The molecule has 1 aliphatic carbocycles. The second-order valence-electron chi connectivity index (χ2n) is 8.77. The van der Waals surface area contributed by atoms with E-state index < -0.39 is 0 Å². The van der Waals surface area contributed by atoms with Crippen LogP contribution in [0, 0.1) is 5.92 Å². The molecule has 0 aromatic heterocycles. The van der Waals surface area contributed by atoms with Crippen LogP contribution in [0.3, 0.4) is 0 Å². The van der Waals surface area contributed by atoms with Crippen LogP contribution >= 0.6 is 0 Å². The van der Waals surface area contributed by atoms with E-state index in [1.807, 2.05) is 48.5 Å². The fraction of sp³-hybridized carbons (Fsp3) is 0.385. The molecule has 0 saturated heterocycles. The summed E-state index contributed by atoms with van der Waals surface area (Å²) in [5, 5.41) is 2.99. The zero-order chi connectivity index (χ0) is 22.0. The van der Waals surface area contributed by atoms with Gasteiger partial charge < -0.3 is 14.8 Å². The highest BCUT2D eigenvalue weighted by Gasteiger charge is 2.38. The molecule has 2 aliphatic rings. The van der Waals surface area contributed by atoms with Crippen molar-refractivity contribution >= 4 is 11.7 Å². The zero-order valence-corrected chi connectivity index (χ0v) is 18.3. The summed E-state index contributed by atoms with van der Waals surface area (Å²) in [4.78, 5) is 25.7. The number of nitrogens with one attached hydrogen (secondary N) is 1. The molecule has 1 amide bonds. The summed E-state index contributed by atoms with van der Waals surface area (Å²) in [7, 11) is 1.62. The van der Waals surface area contributed by atoms with Crippen LogP contribution < -0.4 is 14.8 Å². The van der Waals surface area contributed by atoms with Crippen LogP contribution in [0.4, 0.5) is 0 Å². The van der Waals surface area contributed by atoms with Gasteiger partial charge >= 0.3 is 0 Å². The average Bonchev–Trinajstić information content (AvgIpc) is 2.77. The summed E-state index contributed by atoms with van der Waals surface area (Å²) in [5.74, 6) is 2.00. The lowest BCUT2D eigenvalue weighted by Crippen LogP contribution is -2.38. The molecule has 5 heteroatoms. The average molecular weight is 420 g/mol. The van der Waals surface area contributed by atoms with Crippen LogP contribution in [0.2, 0.25) is 0 Å². The zero-order valence-electron chi connectivity index (χ0n) is 18.3. The van der Waals surface area contributed by atoms with E-state index in [1.54, 1.807) is 7.11 Å². The number of carbonyl (C=O) groups is 2. The van der Waals surface area contributed by atoms with Gasteiger partial charge in [0.05, 0.1) is 13.7 Å². The quantitative estimate of drug-likeness (QED) is 0.735. The van der Waals surface area contributed by atoms with E-state index in [2.05, 4.69) is 19.2 Å². The SMILES string of the molecule is COc1ccc(C2CC(=O)NC3=C2C(=O)CC(c2ccc(OCC(C)C)cc2)C3)cc1. The summed E-state index contributed by atoms with van der Waals surface area (Å²) < 4.78 is 11.0. The van der Waals surface area contributed by atoms with Gasteiger partial charge in [0, 0.05) is 30.0 Å². The predicted molar refractivity (Wildman–Crippen MR) is 119 cm³/mol. The second kappa shape index (κ2) is 8.96. The molecule has 5 nitrogen and oxygen atoms in total. The topological polar surface area (TPSA) is 64.6 Å². The third kappa shape index (κ3) is 4.66. The van der Waals surface area contributed by atoms with Gasteiger partial charge in [0.2, 0.25) is 5.91 Å². The molecule has 31 heavy (non-hydrogen) atoms.